The lowest BCUT2D eigenvalue weighted by molar-refractivity contribution is -0.132. The molecule has 9 nitrogen and oxygen atoms in total. The maximum absolute atomic E-state index is 13.8. The molecule has 5 rings (SSSR count). The second kappa shape index (κ2) is 12.1. The average molecular weight is 566 g/mol. The van der Waals surface area contributed by atoms with E-state index in [4.69, 9.17) is 9.72 Å². The summed E-state index contributed by atoms with van der Waals surface area (Å²) in [6.45, 7) is 6.08. The van der Waals surface area contributed by atoms with E-state index < -0.39 is 10.0 Å². The van der Waals surface area contributed by atoms with E-state index in [1.807, 2.05) is 30.9 Å². The number of carbonyl (C=O) groups excluding carboxylic acids is 1. The predicted molar refractivity (Wildman–Crippen MR) is 153 cm³/mol. The van der Waals surface area contributed by atoms with Crippen LogP contribution in [0.15, 0.2) is 47.8 Å². The summed E-state index contributed by atoms with van der Waals surface area (Å²) in [6, 6.07) is 7.45. The van der Waals surface area contributed by atoms with Crippen molar-refractivity contribution >= 4 is 15.9 Å². The highest BCUT2D eigenvalue weighted by molar-refractivity contribution is 7.89. The van der Waals surface area contributed by atoms with E-state index in [-0.39, 0.29) is 11.9 Å². The molecular formula is C30H39N5O4S. The van der Waals surface area contributed by atoms with Crippen molar-refractivity contribution in [2.75, 3.05) is 20.2 Å². The minimum absolute atomic E-state index is 0.0940. The van der Waals surface area contributed by atoms with Crippen LogP contribution in [0.3, 0.4) is 0 Å². The second-order valence-corrected chi connectivity index (χ2v) is 12.8. The van der Waals surface area contributed by atoms with Gasteiger partial charge in [0.15, 0.2) is 0 Å². The molecule has 0 radical (unpaired) electrons. The fourth-order valence-electron chi connectivity index (χ4n) is 6.10. The Morgan fingerprint density at radius 1 is 1.07 bits per heavy atom. The minimum atomic E-state index is -3.65. The van der Waals surface area contributed by atoms with Gasteiger partial charge in [-0.15, -0.1) is 0 Å². The van der Waals surface area contributed by atoms with Crippen LogP contribution in [0.25, 0.3) is 0 Å². The summed E-state index contributed by atoms with van der Waals surface area (Å²) in [4.78, 5) is 24.3. The number of carbonyl (C=O) groups is 1. The zero-order chi connectivity index (χ0) is 28.3. The number of ether oxygens (including phenoxy) is 1. The van der Waals surface area contributed by atoms with Gasteiger partial charge < -0.3 is 14.2 Å². The Bertz CT molecular complexity index is 1430. The van der Waals surface area contributed by atoms with Gasteiger partial charge in [-0.2, -0.15) is 4.31 Å². The number of imidazole rings is 1. The van der Waals surface area contributed by atoms with Crippen LogP contribution in [0.2, 0.25) is 0 Å². The zero-order valence-electron chi connectivity index (χ0n) is 23.7. The monoisotopic (exact) mass is 565 g/mol. The lowest BCUT2D eigenvalue weighted by atomic mass is 9.99. The molecule has 1 unspecified atom stereocenters. The lowest BCUT2D eigenvalue weighted by Crippen LogP contribution is -2.44. The standard InChI is InChI=1S/C30H39N5O4S/c1-22-17-27(39-3)18-23(2)30(22)40(37,38)35-14-5-4-7-26(35)8-6-9-29(36)34-16-15-33-20-25(32-28(33)21-34)19-24-10-12-31-13-11-24/h10-13,17-18,20,26H,4-9,14-16,19,21H2,1-3H3. The third kappa shape index (κ3) is 6.07. The van der Waals surface area contributed by atoms with E-state index in [2.05, 4.69) is 15.7 Å². The van der Waals surface area contributed by atoms with Crippen LogP contribution in [0, 0.1) is 13.8 Å². The first-order chi connectivity index (χ1) is 19.3. The smallest absolute Gasteiger partial charge is 0.243 e. The molecular weight excluding hydrogens is 526 g/mol. The molecule has 0 bridgehead atoms. The number of hydrogen-bond donors (Lipinski definition) is 0. The molecule has 1 aromatic carbocycles. The molecule has 0 N–H and O–H groups in total. The molecule has 3 aromatic rings. The van der Waals surface area contributed by atoms with Crippen molar-refractivity contribution in [2.45, 2.75) is 82.8 Å². The summed E-state index contributed by atoms with van der Waals surface area (Å²) in [6.07, 6.45) is 10.8. The topological polar surface area (TPSA) is 97.6 Å². The molecule has 4 heterocycles. The highest BCUT2D eigenvalue weighted by Gasteiger charge is 2.35. The molecule has 0 saturated carbocycles. The Kier molecular flexibility index (Phi) is 8.56. The number of fused-ring (bicyclic) bond motifs is 1. The third-order valence-corrected chi connectivity index (χ3v) is 10.3. The predicted octanol–water partition coefficient (Wildman–Crippen LogP) is 4.25. The number of rotatable bonds is 9. The van der Waals surface area contributed by atoms with Crippen LogP contribution >= 0.6 is 0 Å². The van der Waals surface area contributed by atoms with E-state index in [1.165, 1.54) is 0 Å². The molecule has 1 amide bonds. The fraction of sp³-hybridized carbons (Fsp3) is 0.500. The number of aryl methyl sites for hydroxylation is 2. The van der Waals surface area contributed by atoms with Crippen molar-refractivity contribution in [3.8, 4) is 5.75 Å². The number of aromatic nitrogens is 3. The first kappa shape index (κ1) is 28.3. The number of methoxy groups -OCH3 is 1. The van der Waals surface area contributed by atoms with Gasteiger partial charge >= 0.3 is 0 Å². The highest BCUT2D eigenvalue weighted by Crippen LogP contribution is 2.33. The maximum Gasteiger partial charge on any atom is 0.243 e. The number of hydrogen-bond acceptors (Lipinski definition) is 6. The zero-order valence-corrected chi connectivity index (χ0v) is 24.5. The van der Waals surface area contributed by atoms with Gasteiger partial charge in [-0.05, 0) is 80.5 Å². The number of nitrogens with zero attached hydrogens (tertiary/aromatic N) is 5. The van der Waals surface area contributed by atoms with E-state index in [0.29, 0.717) is 60.7 Å². The van der Waals surface area contributed by atoms with Crippen molar-refractivity contribution in [3.63, 3.8) is 0 Å². The van der Waals surface area contributed by atoms with Crippen molar-refractivity contribution in [1.82, 2.24) is 23.7 Å². The SMILES string of the molecule is COc1cc(C)c(S(=O)(=O)N2CCCCC2CCCC(=O)N2CCn3cc(Cc4ccncc4)nc3C2)c(C)c1. The van der Waals surface area contributed by atoms with Crippen molar-refractivity contribution in [3.05, 3.63) is 71.1 Å². The lowest BCUT2D eigenvalue weighted by Gasteiger charge is -2.35. The van der Waals surface area contributed by atoms with Gasteiger partial charge in [-0.25, -0.2) is 13.4 Å². The summed E-state index contributed by atoms with van der Waals surface area (Å²) >= 11 is 0. The van der Waals surface area contributed by atoms with Crippen molar-refractivity contribution in [2.24, 2.45) is 0 Å². The van der Waals surface area contributed by atoms with Crippen LogP contribution in [-0.2, 0) is 34.3 Å². The Morgan fingerprint density at radius 2 is 1.82 bits per heavy atom. The largest absolute Gasteiger partial charge is 0.497 e. The Labute approximate surface area is 237 Å². The van der Waals surface area contributed by atoms with E-state index in [9.17, 15) is 13.2 Å². The van der Waals surface area contributed by atoms with E-state index >= 15 is 0 Å². The van der Waals surface area contributed by atoms with E-state index in [1.54, 1.807) is 35.9 Å². The highest BCUT2D eigenvalue weighted by atomic mass is 32.2. The van der Waals surface area contributed by atoms with Gasteiger partial charge in [0.25, 0.3) is 0 Å². The number of amides is 1. The summed E-state index contributed by atoms with van der Waals surface area (Å²) in [5, 5.41) is 0. The molecule has 0 spiro atoms. The fourth-order valence-corrected chi connectivity index (χ4v) is 8.24. The Morgan fingerprint density at radius 3 is 2.55 bits per heavy atom. The molecule has 0 aliphatic carbocycles. The second-order valence-electron chi connectivity index (χ2n) is 10.9. The minimum Gasteiger partial charge on any atom is -0.497 e. The third-order valence-electron chi connectivity index (χ3n) is 8.08. The maximum atomic E-state index is 13.8. The van der Waals surface area contributed by atoms with Crippen LogP contribution in [0.5, 0.6) is 5.75 Å². The molecule has 214 valence electrons. The van der Waals surface area contributed by atoms with Crippen molar-refractivity contribution in [1.29, 1.82) is 0 Å². The first-order valence-electron chi connectivity index (χ1n) is 14.1. The summed E-state index contributed by atoms with van der Waals surface area (Å²) < 4.78 is 36.8. The molecule has 1 atom stereocenters. The van der Waals surface area contributed by atoms with Gasteiger partial charge in [-0.1, -0.05) is 6.42 Å². The summed E-state index contributed by atoms with van der Waals surface area (Å²) in [5.41, 5.74) is 3.55. The molecule has 40 heavy (non-hydrogen) atoms. The molecule has 2 aromatic heterocycles. The van der Waals surface area contributed by atoms with Gasteiger partial charge in [-0.3, -0.25) is 9.78 Å². The van der Waals surface area contributed by atoms with Gasteiger partial charge in [0, 0.05) is 57.1 Å². The van der Waals surface area contributed by atoms with Gasteiger partial charge in [0.2, 0.25) is 15.9 Å². The Balaban J connectivity index is 1.19. The van der Waals surface area contributed by atoms with E-state index in [0.717, 1.165) is 49.3 Å². The van der Waals surface area contributed by atoms with Gasteiger partial charge in [0.05, 0.1) is 24.2 Å². The normalized spacial score (nSPS) is 18.0. The molecule has 10 heteroatoms. The molecule has 1 fully saturated rings. The average Bonchev–Trinajstić information content (AvgIpc) is 3.34. The van der Waals surface area contributed by atoms with Crippen LogP contribution < -0.4 is 4.74 Å². The number of benzene rings is 1. The van der Waals surface area contributed by atoms with Crippen LogP contribution in [0.1, 0.15) is 66.7 Å². The van der Waals surface area contributed by atoms with Crippen LogP contribution in [0.4, 0.5) is 0 Å². The first-order valence-corrected chi connectivity index (χ1v) is 15.6. The van der Waals surface area contributed by atoms with Crippen molar-refractivity contribution < 1.29 is 17.9 Å². The Hall–Kier alpha value is -3.24. The van der Waals surface area contributed by atoms with Crippen LogP contribution in [-0.4, -0.2) is 64.3 Å². The number of pyridine rings is 1. The quantitative estimate of drug-likeness (QED) is 0.385. The number of sulfonamides is 1. The summed E-state index contributed by atoms with van der Waals surface area (Å²) in [5.74, 6) is 1.68. The molecule has 2 aliphatic heterocycles. The molecule has 2 aliphatic rings. The number of piperidine rings is 1. The summed E-state index contributed by atoms with van der Waals surface area (Å²) in [7, 11) is -2.07. The molecule has 1 saturated heterocycles. The van der Waals surface area contributed by atoms with Gasteiger partial charge in [0.1, 0.15) is 11.6 Å².